The van der Waals surface area contributed by atoms with E-state index in [0.717, 1.165) is 25.7 Å². The van der Waals surface area contributed by atoms with Crippen molar-refractivity contribution in [2.24, 2.45) is 0 Å². The number of rotatable bonds is 4. The summed E-state index contributed by atoms with van der Waals surface area (Å²) >= 11 is 0. The van der Waals surface area contributed by atoms with Crippen LogP contribution in [0.5, 0.6) is 0 Å². The lowest BCUT2D eigenvalue weighted by Gasteiger charge is -2.12. The van der Waals surface area contributed by atoms with E-state index in [4.69, 9.17) is 0 Å². The summed E-state index contributed by atoms with van der Waals surface area (Å²) in [5, 5.41) is 4.76. The second kappa shape index (κ2) is 5.34. The van der Waals surface area contributed by atoms with Gasteiger partial charge in [0, 0.05) is 6.04 Å². The Morgan fingerprint density at radius 2 is 1.87 bits per heavy atom. The van der Waals surface area contributed by atoms with Gasteiger partial charge in [0.1, 0.15) is 6.54 Å². The number of hydrogen-bond donors (Lipinski definition) is 2. The molecule has 2 N–H and O–H groups in total. The minimum Gasteiger partial charge on any atom is -0.346 e. The molecule has 0 unspecified atom stereocenters. The van der Waals surface area contributed by atoms with Gasteiger partial charge in [-0.25, -0.2) is 0 Å². The molecule has 0 saturated heterocycles. The van der Waals surface area contributed by atoms with Crippen molar-refractivity contribution in [1.82, 2.24) is 10.6 Å². The van der Waals surface area contributed by atoms with Gasteiger partial charge in [-0.1, -0.05) is 12.8 Å². The second-order valence-corrected chi connectivity index (χ2v) is 3.75. The minimum atomic E-state index is -4.33. The predicted octanol–water partition coefficient (Wildman–Crippen LogP) is 1.20. The summed E-state index contributed by atoms with van der Waals surface area (Å²) in [5.41, 5.74) is 0. The molecule has 1 saturated carbocycles. The molecule has 0 heterocycles. The Balaban J connectivity index is 2.08. The first-order valence-electron chi connectivity index (χ1n) is 5.04. The number of hydrogen-bond acceptors (Lipinski definition) is 2. The van der Waals surface area contributed by atoms with E-state index in [0.29, 0.717) is 6.04 Å². The Bertz CT molecular complexity index is 212. The van der Waals surface area contributed by atoms with E-state index in [9.17, 15) is 18.0 Å². The molecule has 88 valence electrons. The molecule has 1 rings (SSSR count). The zero-order chi connectivity index (χ0) is 11.3. The Morgan fingerprint density at radius 3 is 2.40 bits per heavy atom. The molecule has 0 aromatic heterocycles. The molecule has 0 bridgehead atoms. The van der Waals surface area contributed by atoms with Gasteiger partial charge in [0.15, 0.2) is 0 Å². The van der Waals surface area contributed by atoms with Crippen molar-refractivity contribution < 1.29 is 18.0 Å². The van der Waals surface area contributed by atoms with Crippen molar-refractivity contribution in [3.05, 3.63) is 0 Å². The van der Waals surface area contributed by atoms with Crippen LogP contribution in [-0.4, -0.2) is 31.2 Å². The number of amides is 1. The third-order valence-corrected chi connectivity index (χ3v) is 2.39. The summed E-state index contributed by atoms with van der Waals surface area (Å²) in [7, 11) is 0. The van der Waals surface area contributed by atoms with Gasteiger partial charge in [0.05, 0.1) is 6.54 Å². The SMILES string of the molecule is O=C(CNC1CCCC1)NCC(F)(F)F. The first kappa shape index (κ1) is 12.3. The monoisotopic (exact) mass is 224 g/mol. The van der Waals surface area contributed by atoms with Gasteiger partial charge in [-0.05, 0) is 12.8 Å². The zero-order valence-corrected chi connectivity index (χ0v) is 8.36. The third-order valence-electron chi connectivity index (χ3n) is 2.39. The normalized spacial score (nSPS) is 18.1. The summed E-state index contributed by atoms with van der Waals surface area (Å²) in [4.78, 5) is 11.0. The molecule has 0 atom stereocenters. The van der Waals surface area contributed by atoms with Crippen LogP contribution in [0, 0.1) is 0 Å². The van der Waals surface area contributed by atoms with Crippen LogP contribution in [0.15, 0.2) is 0 Å². The van der Waals surface area contributed by atoms with Crippen molar-refractivity contribution in [2.45, 2.75) is 37.9 Å². The van der Waals surface area contributed by atoms with Crippen LogP contribution < -0.4 is 10.6 Å². The predicted molar refractivity (Wildman–Crippen MR) is 49.3 cm³/mol. The Hall–Kier alpha value is -0.780. The molecule has 0 radical (unpaired) electrons. The molecular formula is C9H15F3N2O. The van der Waals surface area contributed by atoms with E-state index < -0.39 is 18.6 Å². The molecule has 15 heavy (non-hydrogen) atoms. The van der Waals surface area contributed by atoms with Gasteiger partial charge >= 0.3 is 6.18 Å². The van der Waals surface area contributed by atoms with Crippen LogP contribution in [0.1, 0.15) is 25.7 Å². The number of carbonyl (C=O) groups excluding carboxylic acids is 1. The van der Waals surface area contributed by atoms with Gasteiger partial charge in [-0.3, -0.25) is 4.79 Å². The molecule has 1 fully saturated rings. The smallest absolute Gasteiger partial charge is 0.346 e. The van der Waals surface area contributed by atoms with Crippen LogP contribution in [0.4, 0.5) is 13.2 Å². The van der Waals surface area contributed by atoms with Crippen molar-refractivity contribution >= 4 is 5.91 Å². The highest BCUT2D eigenvalue weighted by Gasteiger charge is 2.27. The molecule has 0 aliphatic heterocycles. The first-order chi connectivity index (χ1) is 6.97. The topological polar surface area (TPSA) is 41.1 Å². The first-order valence-corrected chi connectivity index (χ1v) is 5.04. The molecule has 0 aromatic carbocycles. The number of nitrogens with one attached hydrogen (secondary N) is 2. The van der Waals surface area contributed by atoms with Crippen LogP contribution in [0.2, 0.25) is 0 Å². The Morgan fingerprint density at radius 1 is 1.27 bits per heavy atom. The lowest BCUT2D eigenvalue weighted by atomic mass is 10.2. The maximum Gasteiger partial charge on any atom is 0.405 e. The lowest BCUT2D eigenvalue weighted by molar-refractivity contribution is -0.137. The van der Waals surface area contributed by atoms with Crippen LogP contribution in [-0.2, 0) is 4.79 Å². The van der Waals surface area contributed by atoms with E-state index in [-0.39, 0.29) is 6.54 Å². The molecule has 0 aromatic rings. The number of carbonyl (C=O) groups is 1. The summed E-state index contributed by atoms with van der Waals surface area (Å²) in [6.07, 6.45) is -0.0637. The van der Waals surface area contributed by atoms with E-state index in [2.05, 4.69) is 5.32 Å². The lowest BCUT2D eigenvalue weighted by Crippen LogP contribution is -2.41. The summed E-state index contributed by atoms with van der Waals surface area (Å²) in [6, 6.07) is 0.293. The maximum atomic E-state index is 11.7. The Kier molecular flexibility index (Phi) is 4.38. The second-order valence-electron chi connectivity index (χ2n) is 3.75. The van der Waals surface area contributed by atoms with Crippen LogP contribution >= 0.6 is 0 Å². The van der Waals surface area contributed by atoms with Gasteiger partial charge < -0.3 is 10.6 Å². The van der Waals surface area contributed by atoms with E-state index >= 15 is 0 Å². The van der Waals surface area contributed by atoms with Gasteiger partial charge in [0.2, 0.25) is 5.91 Å². The standard InChI is InChI=1S/C9H15F3N2O/c10-9(11,12)6-14-8(15)5-13-7-3-1-2-4-7/h7,13H,1-6H2,(H,14,15). The van der Waals surface area contributed by atoms with E-state index in [1.54, 1.807) is 0 Å². The summed E-state index contributed by atoms with van der Waals surface area (Å²) < 4.78 is 35.2. The maximum absolute atomic E-state index is 11.7. The molecule has 1 aliphatic rings. The summed E-state index contributed by atoms with van der Waals surface area (Å²) in [5.74, 6) is -0.598. The fraction of sp³-hybridized carbons (Fsp3) is 0.889. The van der Waals surface area contributed by atoms with E-state index in [1.807, 2.05) is 5.32 Å². The zero-order valence-electron chi connectivity index (χ0n) is 8.36. The number of alkyl halides is 3. The fourth-order valence-corrected chi connectivity index (χ4v) is 1.63. The molecule has 0 spiro atoms. The average molecular weight is 224 g/mol. The molecule has 6 heteroatoms. The van der Waals surface area contributed by atoms with Crippen molar-refractivity contribution in [3.8, 4) is 0 Å². The molecule has 1 aliphatic carbocycles. The molecular weight excluding hydrogens is 209 g/mol. The Labute approximate surface area is 86.4 Å². The highest BCUT2D eigenvalue weighted by Crippen LogP contribution is 2.17. The van der Waals surface area contributed by atoms with Crippen molar-refractivity contribution in [2.75, 3.05) is 13.1 Å². The summed E-state index contributed by atoms with van der Waals surface area (Å²) in [6.45, 7) is -1.28. The highest BCUT2D eigenvalue weighted by atomic mass is 19.4. The van der Waals surface area contributed by atoms with Crippen molar-refractivity contribution in [3.63, 3.8) is 0 Å². The van der Waals surface area contributed by atoms with Gasteiger partial charge in [-0.2, -0.15) is 13.2 Å². The molecule has 3 nitrogen and oxygen atoms in total. The fourth-order valence-electron chi connectivity index (χ4n) is 1.63. The van der Waals surface area contributed by atoms with Crippen LogP contribution in [0.25, 0.3) is 0 Å². The van der Waals surface area contributed by atoms with Gasteiger partial charge in [-0.15, -0.1) is 0 Å². The van der Waals surface area contributed by atoms with Crippen LogP contribution in [0.3, 0.4) is 0 Å². The highest BCUT2D eigenvalue weighted by molar-refractivity contribution is 5.78. The average Bonchev–Trinajstić information content (AvgIpc) is 2.62. The number of halogens is 3. The minimum absolute atomic E-state index is 0.0270. The van der Waals surface area contributed by atoms with Crippen molar-refractivity contribution in [1.29, 1.82) is 0 Å². The van der Waals surface area contributed by atoms with Gasteiger partial charge in [0.25, 0.3) is 0 Å². The van der Waals surface area contributed by atoms with E-state index in [1.165, 1.54) is 0 Å². The largest absolute Gasteiger partial charge is 0.405 e. The molecule has 1 amide bonds. The third kappa shape index (κ3) is 5.61. The quantitative estimate of drug-likeness (QED) is 0.753.